The summed E-state index contributed by atoms with van der Waals surface area (Å²) in [5, 5.41) is 6.85. The van der Waals surface area contributed by atoms with Gasteiger partial charge in [-0.2, -0.15) is 0 Å². The zero-order valence-electron chi connectivity index (χ0n) is 12.7. The summed E-state index contributed by atoms with van der Waals surface area (Å²) in [6.45, 7) is 3.10. The molecule has 1 saturated heterocycles. The average Bonchev–Trinajstić information content (AvgIpc) is 2.53. The van der Waals surface area contributed by atoms with Crippen LogP contribution in [-0.2, 0) is 6.61 Å². The van der Waals surface area contributed by atoms with E-state index in [1.165, 1.54) is 0 Å². The van der Waals surface area contributed by atoms with Crippen LogP contribution in [0.4, 0.5) is 0 Å². The van der Waals surface area contributed by atoms with E-state index in [4.69, 9.17) is 16.3 Å². The minimum absolute atomic E-state index is 0.0613. The van der Waals surface area contributed by atoms with Gasteiger partial charge in [0.05, 0.1) is 0 Å². The molecule has 0 spiro atoms. The minimum Gasteiger partial charge on any atom is -0.489 e. The third-order valence-electron chi connectivity index (χ3n) is 3.83. The Hall–Kier alpha value is -2.04. The molecule has 1 heterocycles. The van der Waals surface area contributed by atoms with Crippen molar-refractivity contribution in [2.24, 2.45) is 5.92 Å². The van der Waals surface area contributed by atoms with Gasteiger partial charge >= 0.3 is 0 Å². The minimum atomic E-state index is -0.0613. The largest absolute Gasteiger partial charge is 0.489 e. The van der Waals surface area contributed by atoms with Gasteiger partial charge in [0.25, 0.3) is 5.91 Å². The predicted molar refractivity (Wildman–Crippen MR) is 90.9 cm³/mol. The Morgan fingerprint density at radius 3 is 2.70 bits per heavy atom. The van der Waals surface area contributed by atoms with Crippen molar-refractivity contribution < 1.29 is 9.53 Å². The highest BCUT2D eigenvalue weighted by atomic mass is 35.5. The molecule has 1 aliphatic heterocycles. The monoisotopic (exact) mass is 330 g/mol. The first-order valence-corrected chi connectivity index (χ1v) is 8.05. The molecule has 0 saturated carbocycles. The Kier molecular flexibility index (Phi) is 5.16. The second kappa shape index (κ2) is 7.49. The summed E-state index contributed by atoms with van der Waals surface area (Å²) in [5.41, 5.74) is 1.65. The van der Waals surface area contributed by atoms with Crippen LogP contribution in [0.15, 0.2) is 48.5 Å². The van der Waals surface area contributed by atoms with Crippen LogP contribution in [0.3, 0.4) is 0 Å². The van der Waals surface area contributed by atoms with Gasteiger partial charge < -0.3 is 15.4 Å². The maximum atomic E-state index is 12.2. The summed E-state index contributed by atoms with van der Waals surface area (Å²) in [4.78, 5) is 12.2. The number of rotatable bonds is 6. The lowest BCUT2D eigenvalue weighted by Gasteiger charge is -2.27. The van der Waals surface area contributed by atoms with Gasteiger partial charge in [-0.15, -0.1) is 0 Å². The fraction of sp³-hybridized carbons (Fsp3) is 0.278. The number of hydrogen-bond acceptors (Lipinski definition) is 3. The zero-order valence-corrected chi connectivity index (χ0v) is 13.5. The van der Waals surface area contributed by atoms with E-state index in [9.17, 15) is 4.79 Å². The van der Waals surface area contributed by atoms with E-state index in [0.29, 0.717) is 35.4 Å². The van der Waals surface area contributed by atoms with Gasteiger partial charge in [0.15, 0.2) is 0 Å². The number of amides is 1. The van der Waals surface area contributed by atoms with Crippen LogP contribution in [0.1, 0.15) is 15.9 Å². The summed E-state index contributed by atoms with van der Waals surface area (Å²) in [6.07, 6.45) is 0. The smallest absolute Gasteiger partial charge is 0.251 e. The van der Waals surface area contributed by atoms with Crippen molar-refractivity contribution >= 4 is 17.5 Å². The number of nitrogens with one attached hydrogen (secondary N) is 2. The van der Waals surface area contributed by atoms with Crippen LogP contribution in [-0.4, -0.2) is 25.5 Å². The average molecular weight is 331 g/mol. The van der Waals surface area contributed by atoms with Gasteiger partial charge in [0.2, 0.25) is 0 Å². The highest BCUT2D eigenvalue weighted by Crippen LogP contribution is 2.16. The molecule has 0 radical (unpaired) electrons. The number of hydrogen-bond donors (Lipinski definition) is 2. The first-order valence-electron chi connectivity index (χ1n) is 7.67. The lowest BCUT2D eigenvalue weighted by Crippen LogP contribution is -2.48. The third-order valence-corrected chi connectivity index (χ3v) is 4.08. The van der Waals surface area contributed by atoms with E-state index in [2.05, 4.69) is 10.6 Å². The number of carbonyl (C=O) groups is 1. The van der Waals surface area contributed by atoms with Crippen LogP contribution in [0.5, 0.6) is 5.75 Å². The Morgan fingerprint density at radius 2 is 2.00 bits per heavy atom. The summed E-state index contributed by atoms with van der Waals surface area (Å²) in [7, 11) is 0. The molecule has 2 aromatic carbocycles. The zero-order chi connectivity index (χ0) is 16.1. The molecule has 23 heavy (non-hydrogen) atoms. The second-order valence-corrected chi connectivity index (χ2v) is 6.11. The summed E-state index contributed by atoms with van der Waals surface area (Å²) < 4.78 is 5.75. The molecule has 0 aromatic heterocycles. The van der Waals surface area contributed by atoms with E-state index in [1.54, 1.807) is 12.1 Å². The molecule has 0 aliphatic carbocycles. The van der Waals surface area contributed by atoms with Crippen LogP contribution in [0, 0.1) is 5.92 Å². The molecule has 3 rings (SSSR count). The van der Waals surface area contributed by atoms with Gasteiger partial charge in [-0.25, -0.2) is 0 Å². The molecule has 0 bridgehead atoms. The number of benzene rings is 2. The van der Waals surface area contributed by atoms with Crippen molar-refractivity contribution in [3.8, 4) is 5.75 Å². The second-order valence-electron chi connectivity index (χ2n) is 5.68. The molecule has 2 N–H and O–H groups in total. The molecule has 1 fully saturated rings. The van der Waals surface area contributed by atoms with Crippen molar-refractivity contribution in [2.75, 3.05) is 19.6 Å². The van der Waals surface area contributed by atoms with Gasteiger partial charge in [-0.3, -0.25) is 4.79 Å². The highest BCUT2D eigenvalue weighted by molar-refractivity contribution is 6.30. The molecular formula is C18H19ClN2O2. The standard InChI is InChI=1S/C18H19ClN2O2/c19-16-6-4-13(5-7-16)12-23-17-3-1-2-15(8-17)18(22)21-11-14-9-20-10-14/h1-8,14,20H,9-12H2,(H,21,22). The molecule has 2 aromatic rings. The van der Waals surface area contributed by atoms with Crippen LogP contribution < -0.4 is 15.4 Å². The molecule has 1 amide bonds. The number of carbonyl (C=O) groups excluding carboxylic acids is 1. The highest BCUT2D eigenvalue weighted by Gasteiger charge is 2.17. The summed E-state index contributed by atoms with van der Waals surface area (Å²) >= 11 is 5.86. The maximum absolute atomic E-state index is 12.2. The summed E-state index contributed by atoms with van der Waals surface area (Å²) in [6, 6.07) is 14.8. The normalized spacial score (nSPS) is 14.1. The van der Waals surface area contributed by atoms with Crippen molar-refractivity contribution in [3.63, 3.8) is 0 Å². The Bertz CT molecular complexity index is 669. The number of halogens is 1. The van der Waals surface area contributed by atoms with Crippen molar-refractivity contribution in [3.05, 3.63) is 64.7 Å². The SMILES string of the molecule is O=C(NCC1CNC1)c1cccc(OCc2ccc(Cl)cc2)c1. The molecule has 0 atom stereocenters. The molecular weight excluding hydrogens is 312 g/mol. The Morgan fingerprint density at radius 1 is 1.22 bits per heavy atom. The predicted octanol–water partition coefficient (Wildman–Crippen LogP) is 2.87. The topological polar surface area (TPSA) is 50.4 Å². The lowest BCUT2D eigenvalue weighted by molar-refractivity contribution is 0.0941. The van der Waals surface area contributed by atoms with Gasteiger partial charge in [-0.1, -0.05) is 29.8 Å². The quantitative estimate of drug-likeness (QED) is 0.856. The fourth-order valence-electron chi connectivity index (χ4n) is 2.31. The summed E-state index contributed by atoms with van der Waals surface area (Å²) in [5.74, 6) is 1.16. The maximum Gasteiger partial charge on any atom is 0.251 e. The van der Waals surface area contributed by atoms with E-state index in [1.807, 2.05) is 36.4 Å². The third kappa shape index (κ3) is 4.47. The molecule has 1 aliphatic rings. The Balaban J connectivity index is 1.55. The van der Waals surface area contributed by atoms with E-state index >= 15 is 0 Å². The van der Waals surface area contributed by atoms with E-state index in [0.717, 1.165) is 18.7 Å². The van der Waals surface area contributed by atoms with Crippen molar-refractivity contribution in [1.82, 2.24) is 10.6 Å². The van der Waals surface area contributed by atoms with Crippen molar-refractivity contribution in [1.29, 1.82) is 0 Å². The molecule has 0 unspecified atom stereocenters. The first kappa shape index (κ1) is 15.8. The van der Waals surface area contributed by atoms with Crippen molar-refractivity contribution in [2.45, 2.75) is 6.61 Å². The molecule has 4 nitrogen and oxygen atoms in total. The Labute approximate surface area is 140 Å². The van der Waals surface area contributed by atoms with E-state index < -0.39 is 0 Å². The first-order chi connectivity index (χ1) is 11.2. The molecule has 120 valence electrons. The van der Waals surface area contributed by atoms with Crippen LogP contribution in [0.2, 0.25) is 5.02 Å². The van der Waals surface area contributed by atoms with E-state index in [-0.39, 0.29) is 5.91 Å². The molecule has 5 heteroatoms. The van der Waals surface area contributed by atoms with Crippen LogP contribution >= 0.6 is 11.6 Å². The van der Waals surface area contributed by atoms with Gasteiger partial charge in [-0.05, 0) is 35.9 Å². The fourth-order valence-corrected chi connectivity index (χ4v) is 2.43. The number of ether oxygens (including phenoxy) is 1. The lowest BCUT2D eigenvalue weighted by atomic mass is 10.0. The van der Waals surface area contributed by atoms with Crippen LogP contribution in [0.25, 0.3) is 0 Å². The van der Waals surface area contributed by atoms with Gasteiger partial charge in [0.1, 0.15) is 12.4 Å². The van der Waals surface area contributed by atoms with Gasteiger partial charge in [0, 0.05) is 36.1 Å².